The molecule has 0 fully saturated rings. The molecule has 0 aliphatic rings. The molecule has 4 heteroatoms. The van der Waals surface area contributed by atoms with Gasteiger partial charge in [0.2, 0.25) is 6.29 Å². The van der Waals surface area contributed by atoms with Gasteiger partial charge < -0.3 is 9.47 Å². The maximum absolute atomic E-state index is 12.3. The molecule has 0 amide bonds. The van der Waals surface area contributed by atoms with Crippen molar-refractivity contribution in [3.05, 3.63) is 71.8 Å². The molecule has 138 valence electrons. The van der Waals surface area contributed by atoms with Gasteiger partial charge >= 0.3 is 11.9 Å². The predicted molar refractivity (Wildman–Crippen MR) is 101 cm³/mol. The zero-order valence-electron chi connectivity index (χ0n) is 15.2. The molecule has 0 heterocycles. The summed E-state index contributed by atoms with van der Waals surface area (Å²) >= 11 is 0. The van der Waals surface area contributed by atoms with Crippen LogP contribution in [0.5, 0.6) is 0 Å². The molecule has 26 heavy (non-hydrogen) atoms. The number of ether oxygens (including phenoxy) is 2. The van der Waals surface area contributed by atoms with Crippen LogP contribution in [-0.2, 0) is 9.47 Å². The van der Waals surface area contributed by atoms with Gasteiger partial charge in [0.15, 0.2) is 0 Å². The summed E-state index contributed by atoms with van der Waals surface area (Å²) in [4.78, 5) is 24.6. The SMILES string of the molecule is CCCCCCCC(OC(=O)c1ccccc1)OC(=O)c1ccccc1. The van der Waals surface area contributed by atoms with Crippen molar-refractivity contribution < 1.29 is 19.1 Å². The summed E-state index contributed by atoms with van der Waals surface area (Å²) < 4.78 is 10.9. The van der Waals surface area contributed by atoms with E-state index >= 15 is 0 Å². The Morgan fingerprint density at radius 3 is 1.65 bits per heavy atom. The molecule has 0 saturated heterocycles. The summed E-state index contributed by atoms with van der Waals surface area (Å²) in [6, 6.07) is 17.5. The third-order valence-corrected chi connectivity index (χ3v) is 4.04. The lowest BCUT2D eigenvalue weighted by Gasteiger charge is -2.18. The van der Waals surface area contributed by atoms with E-state index in [2.05, 4.69) is 6.92 Å². The fourth-order valence-corrected chi connectivity index (χ4v) is 2.58. The van der Waals surface area contributed by atoms with Crippen LogP contribution in [0, 0.1) is 0 Å². The maximum Gasteiger partial charge on any atom is 0.341 e. The lowest BCUT2D eigenvalue weighted by Crippen LogP contribution is -2.25. The normalized spacial score (nSPS) is 10.5. The maximum atomic E-state index is 12.3. The number of rotatable bonds is 10. The Bertz CT molecular complexity index is 614. The Kier molecular flexibility index (Phi) is 8.40. The van der Waals surface area contributed by atoms with Crippen LogP contribution in [0.3, 0.4) is 0 Å². The van der Waals surface area contributed by atoms with Crippen molar-refractivity contribution in [2.75, 3.05) is 0 Å². The first kappa shape index (κ1) is 19.7. The fraction of sp³-hybridized carbons (Fsp3) is 0.364. The molecule has 0 atom stereocenters. The molecular formula is C22H26O4. The predicted octanol–water partition coefficient (Wildman–Crippen LogP) is 5.39. The zero-order valence-corrected chi connectivity index (χ0v) is 15.2. The van der Waals surface area contributed by atoms with Crippen molar-refractivity contribution in [1.29, 1.82) is 0 Å². The molecule has 0 aromatic heterocycles. The molecule has 0 spiro atoms. The number of unbranched alkanes of at least 4 members (excludes halogenated alkanes) is 4. The molecule has 0 aliphatic heterocycles. The van der Waals surface area contributed by atoms with Crippen molar-refractivity contribution in [1.82, 2.24) is 0 Å². The Balaban J connectivity index is 1.96. The zero-order chi connectivity index (χ0) is 18.6. The van der Waals surface area contributed by atoms with E-state index in [0.717, 1.165) is 25.7 Å². The first-order valence-electron chi connectivity index (χ1n) is 9.22. The van der Waals surface area contributed by atoms with Gasteiger partial charge in [-0.2, -0.15) is 0 Å². The molecule has 2 aromatic rings. The lowest BCUT2D eigenvalue weighted by atomic mass is 10.1. The Hall–Kier alpha value is -2.62. The molecule has 0 unspecified atom stereocenters. The van der Waals surface area contributed by atoms with Crippen LogP contribution < -0.4 is 0 Å². The molecule has 2 rings (SSSR count). The van der Waals surface area contributed by atoms with Crippen LogP contribution in [0.15, 0.2) is 60.7 Å². The monoisotopic (exact) mass is 354 g/mol. The topological polar surface area (TPSA) is 52.6 Å². The van der Waals surface area contributed by atoms with Gasteiger partial charge in [-0.15, -0.1) is 0 Å². The molecule has 0 radical (unpaired) electrons. The van der Waals surface area contributed by atoms with Crippen LogP contribution in [-0.4, -0.2) is 18.2 Å². The summed E-state index contributed by atoms with van der Waals surface area (Å²) in [5, 5.41) is 0. The van der Waals surface area contributed by atoms with Gasteiger partial charge in [0.1, 0.15) is 0 Å². The third-order valence-electron chi connectivity index (χ3n) is 4.04. The van der Waals surface area contributed by atoms with E-state index in [1.165, 1.54) is 6.42 Å². The van der Waals surface area contributed by atoms with E-state index in [0.29, 0.717) is 17.5 Å². The van der Waals surface area contributed by atoms with Gasteiger partial charge in [-0.05, 0) is 30.7 Å². The largest absolute Gasteiger partial charge is 0.422 e. The Labute approximate surface area is 155 Å². The highest BCUT2D eigenvalue weighted by Crippen LogP contribution is 2.15. The second-order valence-corrected chi connectivity index (χ2v) is 6.18. The first-order valence-corrected chi connectivity index (χ1v) is 9.22. The number of carbonyl (C=O) groups is 2. The van der Waals surface area contributed by atoms with E-state index in [1.807, 2.05) is 12.1 Å². The van der Waals surface area contributed by atoms with Crippen LogP contribution >= 0.6 is 0 Å². The van der Waals surface area contributed by atoms with Gasteiger partial charge in [-0.3, -0.25) is 0 Å². The van der Waals surface area contributed by atoms with Crippen molar-refractivity contribution in [3.8, 4) is 0 Å². The van der Waals surface area contributed by atoms with Crippen molar-refractivity contribution in [3.63, 3.8) is 0 Å². The number of hydrogen-bond donors (Lipinski definition) is 0. The highest BCUT2D eigenvalue weighted by Gasteiger charge is 2.20. The second kappa shape index (κ2) is 11.1. The Morgan fingerprint density at radius 2 is 1.19 bits per heavy atom. The third kappa shape index (κ3) is 6.71. The van der Waals surface area contributed by atoms with Crippen molar-refractivity contribution in [2.45, 2.75) is 51.7 Å². The van der Waals surface area contributed by atoms with Gasteiger partial charge in [-0.1, -0.05) is 69.0 Å². The smallest absolute Gasteiger partial charge is 0.341 e. The number of esters is 2. The van der Waals surface area contributed by atoms with Gasteiger partial charge in [0, 0.05) is 6.42 Å². The molecule has 2 aromatic carbocycles. The molecular weight excluding hydrogens is 328 g/mol. The molecule has 0 saturated carbocycles. The molecule has 0 N–H and O–H groups in total. The van der Waals surface area contributed by atoms with Crippen LogP contribution in [0.2, 0.25) is 0 Å². The van der Waals surface area contributed by atoms with Crippen LogP contribution in [0.4, 0.5) is 0 Å². The minimum Gasteiger partial charge on any atom is -0.422 e. The quantitative estimate of drug-likeness (QED) is 0.326. The summed E-state index contributed by atoms with van der Waals surface area (Å²) in [5.41, 5.74) is 0.887. The number of benzene rings is 2. The number of hydrogen-bond acceptors (Lipinski definition) is 4. The fourth-order valence-electron chi connectivity index (χ4n) is 2.58. The lowest BCUT2D eigenvalue weighted by molar-refractivity contribution is -0.0838. The summed E-state index contributed by atoms with van der Waals surface area (Å²) in [5.74, 6) is -0.963. The minimum atomic E-state index is -0.878. The van der Waals surface area contributed by atoms with Crippen LogP contribution in [0.25, 0.3) is 0 Å². The Morgan fingerprint density at radius 1 is 0.731 bits per heavy atom. The highest BCUT2D eigenvalue weighted by molar-refractivity contribution is 5.90. The summed E-state index contributed by atoms with van der Waals surface area (Å²) in [7, 11) is 0. The molecule has 4 nitrogen and oxygen atoms in total. The van der Waals surface area contributed by atoms with Crippen molar-refractivity contribution >= 4 is 11.9 Å². The van der Waals surface area contributed by atoms with Gasteiger partial charge in [0.25, 0.3) is 0 Å². The second-order valence-electron chi connectivity index (χ2n) is 6.18. The molecule has 0 bridgehead atoms. The van der Waals surface area contributed by atoms with Crippen LogP contribution in [0.1, 0.15) is 66.2 Å². The standard InChI is InChI=1S/C22H26O4/c1-2-3-4-5-12-17-20(25-21(23)18-13-8-6-9-14-18)26-22(24)19-15-10-7-11-16-19/h6-11,13-16,20H,2-5,12,17H2,1H3. The van der Waals surface area contributed by atoms with E-state index in [1.54, 1.807) is 48.5 Å². The van der Waals surface area contributed by atoms with Crippen molar-refractivity contribution in [2.24, 2.45) is 0 Å². The van der Waals surface area contributed by atoms with E-state index in [9.17, 15) is 9.59 Å². The van der Waals surface area contributed by atoms with E-state index in [4.69, 9.17) is 9.47 Å². The highest BCUT2D eigenvalue weighted by atomic mass is 16.7. The number of carbonyl (C=O) groups excluding carboxylic acids is 2. The van der Waals surface area contributed by atoms with E-state index < -0.39 is 18.2 Å². The van der Waals surface area contributed by atoms with Gasteiger partial charge in [0.05, 0.1) is 11.1 Å². The van der Waals surface area contributed by atoms with E-state index in [-0.39, 0.29) is 0 Å². The average molecular weight is 354 g/mol. The molecule has 0 aliphatic carbocycles. The average Bonchev–Trinajstić information content (AvgIpc) is 2.69. The minimum absolute atomic E-state index is 0.444. The summed E-state index contributed by atoms with van der Waals surface area (Å²) in [6.45, 7) is 2.16. The first-order chi connectivity index (χ1) is 12.7. The van der Waals surface area contributed by atoms with Gasteiger partial charge in [-0.25, -0.2) is 9.59 Å². The summed E-state index contributed by atoms with van der Waals surface area (Å²) in [6.07, 6.45) is 4.96.